The van der Waals surface area contributed by atoms with Crippen LogP contribution >= 0.6 is 11.6 Å². The van der Waals surface area contributed by atoms with Gasteiger partial charge in [0.25, 0.3) is 11.7 Å². The number of anilines is 1. The van der Waals surface area contributed by atoms with Crippen LogP contribution in [0, 0.1) is 11.6 Å². The Kier molecular flexibility index (Phi) is 6.21. The summed E-state index contributed by atoms with van der Waals surface area (Å²) in [5.41, 5.74) is 0.0950. The molecule has 1 aliphatic heterocycles. The lowest BCUT2D eigenvalue weighted by atomic mass is 9.95. The fourth-order valence-corrected chi connectivity index (χ4v) is 4.02. The highest BCUT2D eigenvalue weighted by Gasteiger charge is 2.47. The monoisotopic (exact) mass is 486 g/mol. The average Bonchev–Trinajstić information content (AvgIpc) is 3.11. The van der Waals surface area contributed by atoms with Gasteiger partial charge in [-0.25, -0.2) is 8.78 Å². The van der Waals surface area contributed by atoms with Gasteiger partial charge in [-0.2, -0.15) is 0 Å². The Morgan fingerprint density at radius 2 is 1.68 bits per heavy atom. The molecular weight excluding hydrogens is 470 g/mol. The molecule has 174 valence electrons. The molecule has 0 saturated carbocycles. The highest BCUT2D eigenvalue weighted by molar-refractivity contribution is 6.51. The molecule has 1 aliphatic rings. The molecule has 1 amide bonds. The lowest BCUT2D eigenvalue weighted by Gasteiger charge is -2.25. The summed E-state index contributed by atoms with van der Waals surface area (Å²) < 4.78 is 38.1. The maximum Gasteiger partial charge on any atom is 0.300 e. The molecule has 1 saturated heterocycles. The van der Waals surface area contributed by atoms with E-state index in [2.05, 4.69) is 4.98 Å². The minimum Gasteiger partial charge on any atom is -0.507 e. The maximum atomic E-state index is 14.0. The molecule has 1 unspecified atom stereocenters. The van der Waals surface area contributed by atoms with Crippen molar-refractivity contribution in [3.05, 3.63) is 88.2 Å². The molecule has 2 heterocycles. The number of nitrogens with zero attached hydrogens (tertiary/aromatic N) is 2. The molecule has 7 nitrogen and oxygen atoms in total. The van der Waals surface area contributed by atoms with Crippen LogP contribution in [0.2, 0.25) is 5.02 Å². The van der Waals surface area contributed by atoms with Crippen molar-refractivity contribution in [2.24, 2.45) is 0 Å². The molecule has 0 bridgehead atoms. The number of aromatic nitrogens is 1. The summed E-state index contributed by atoms with van der Waals surface area (Å²) in [4.78, 5) is 31.2. The first kappa shape index (κ1) is 23.2. The smallest absolute Gasteiger partial charge is 0.300 e. The van der Waals surface area contributed by atoms with Crippen molar-refractivity contribution in [3.8, 4) is 11.5 Å². The van der Waals surface area contributed by atoms with Crippen LogP contribution in [0.1, 0.15) is 17.2 Å². The zero-order valence-electron chi connectivity index (χ0n) is 17.9. The number of rotatable bonds is 5. The Bertz CT molecular complexity index is 1330. The van der Waals surface area contributed by atoms with Crippen LogP contribution in [0.4, 0.5) is 14.5 Å². The highest BCUT2D eigenvalue weighted by Crippen LogP contribution is 2.44. The lowest BCUT2D eigenvalue weighted by Crippen LogP contribution is -2.29. The number of hydrogen-bond acceptors (Lipinski definition) is 6. The first-order chi connectivity index (χ1) is 16.3. The number of aliphatic hydroxyl groups is 1. The van der Waals surface area contributed by atoms with Crippen molar-refractivity contribution in [1.29, 1.82) is 0 Å². The second kappa shape index (κ2) is 9.11. The number of carbonyl (C=O) groups is 2. The standard InChI is InChI=1S/C24H17ClF2N2O5/c1-33-18-11-15(25)19(34-2)10-14(18)22(30)20-21(12-5-7-28-8-6-12)29(24(32)23(20)31)13-3-4-16(26)17(27)9-13/h3-11,21,30H,1-2H3/b22-20+. The SMILES string of the molecule is COc1cc(/C(O)=C2\C(=O)C(=O)N(c3ccc(F)c(F)c3)C2c2ccncc2)c(OC)cc1Cl. The van der Waals surface area contributed by atoms with E-state index in [1.165, 1.54) is 56.9 Å². The van der Waals surface area contributed by atoms with Gasteiger partial charge in [-0.05, 0) is 35.9 Å². The van der Waals surface area contributed by atoms with Crippen LogP contribution in [0.3, 0.4) is 0 Å². The van der Waals surface area contributed by atoms with E-state index in [9.17, 15) is 23.5 Å². The van der Waals surface area contributed by atoms with E-state index in [0.717, 1.165) is 17.0 Å². The summed E-state index contributed by atoms with van der Waals surface area (Å²) in [5.74, 6) is -4.61. The van der Waals surface area contributed by atoms with Crippen molar-refractivity contribution in [2.75, 3.05) is 19.1 Å². The number of amides is 1. The lowest BCUT2D eigenvalue weighted by molar-refractivity contribution is -0.132. The minimum absolute atomic E-state index is 0.0473. The van der Waals surface area contributed by atoms with Gasteiger partial charge in [0, 0.05) is 30.2 Å². The number of hydrogen-bond donors (Lipinski definition) is 1. The van der Waals surface area contributed by atoms with Gasteiger partial charge in [-0.1, -0.05) is 11.6 Å². The summed E-state index contributed by atoms with van der Waals surface area (Å²) >= 11 is 6.15. The number of ether oxygens (including phenoxy) is 2. The van der Waals surface area contributed by atoms with Crippen molar-refractivity contribution in [1.82, 2.24) is 4.98 Å². The molecule has 0 spiro atoms. The Hall–Kier alpha value is -3.98. The van der Waals surface area contributed by atoms with Crippen LogP contribution in [0.25, 0.3) is 5.76 Å². The summed E-state index contributed by atoms with van der Waals surface area (Å²) in [5, 5.41) is 11.5. The molecular formula is C24H17ClF2N2O5. The number of carbonyl (C=O) groups excluding carboxylic acids is 2. The second-order valence-electron chi connectivity index (χ2n) is 7.24. The molecule has 0 aliphatic carbocycles. The molecule has 3 aromatic rings. The third-order valence-electron chi connectivity index (χ3n) is 5.38. The molecule has 4 rings (SSSR count). The number of benzene rings is 2. The van der Waals surface area contributed by atoms with Crippen LogP contribution in [0.5, 0.6) is 11.5 Å². The summed E-state index contributed by atoms with van der Waals surface area (Å²) in [6, 6.07) is 7.49. The zero-order chi connectivity index (χ0) is 24.6. The van der Waals surface area contributed by atoms with Gasteiger partial charge in [0.1, 0.15) is 17.3 Å². The Balaban J connectivity index is 1.99. The molecule has 2 aromatic carbocycles. The van der Waals surface area contributed by atoms with Gasteiger partial charge in [0.2, 0.25) is 0 Å². The number of halogens is 3. The maximum absolute atomic E-state index is 14.0. The fraction of sp³-hybridized carbons (Fsp3) is 0.125. The largest absolute Gasteiger partial charge is 0.507 e. The number of aliphatic hydroxyl groups excluding tert-OH is 1. The predicted octanol–water partition coefficient (Wildman–Crippen LogP) is 4.66. The van der Waals surface area contributed by atoms with Crippen LogP contribution in [-0.4, -0.2) is 36.0 Å². The Morgan fingerprint density at radius 1 is 1.00 bits per heavy atom. The third-order valence-corrected chi connectivity index (χ3v) is 5.67. The molecule has 1 atom stereocenters. The Morgan fingerprint density at radius 3 is 2.29 bits per heavy atom. The Labute approximate surface area is 197 Å². The number of Topliss-reactive ketones (excluding diaryl/α,β-unsaturated/α-hetero) is 1. The first-order valence-corrected chi connectivity index (χ1v) is 10.2. The summed E-state index contributed by atoms with van der Waals surface area (Å²) in [6.45, 7) is 0. The molecule has 1 aromatic heterocycles. The van der Waals surface area contributed by atoms with E-state index < -0.39 is 35.1 Å². The van der Waals surface area contributed by atoms with Crippen LogP contribution < -0.4 is 14.4 Å². The zero-order valence-corrected chi connectivity index (χ0v) is 18.6. The molecule has 10 heteroatoms. The number of pyridine rings is 1. The van der Waals surface area contributed by atoms with Crippen LogP contribution in [0.15, 0.2) is 60.4 Å². The number of ketones is 1. The van der Waals surface area contributed by atoms with Crippen molar-refractivity contribution in [2.45, 2.75) is 6.04 Å². The van der Waals surface area contributed by atoms with E-state index in [1.54, 1.807) is 0 Å². The second-order valence-corrected chi connectivity index (χ2v) is 7.64. The number of methoxy groups -OCH3 is 2. The third kappa shape index (κ3) is 3.84. The van der Waals surface area contributed by atoms with E-state index in [-0.39, 0.29) is 33.3 Å². The van der Waals surface area contributed by atoms with Crippen molar-refractivity contribution in [3.63, 3.8) is 0 Å². The average molecular weight is 487 g/mol. The van der Waals surface area contributed by atoms with Gasteiger partial charge >= 0.3 is 0 Å². The normalized spacial score (nSPS) is 17.2. The fourth-order valence-electron chi connectivity index (χ4n) is 3.79. The van der Waals surface area contributed by atoms with E-state index in [1.807, 2.05) is 0 Å². The van der Waals surface area contributed by atoms with Gasteiger partial charge in [0.15, 0.2) is 11.6 Å². The van der Waals surface area contributed by atoms with E-state index in [0.29, 0.717) is 5.56 Å². The minimum atomic E-state index is -1.20. The van der Waals surface area contributed by atoms with Gasteiger partial charge in [-0.15, -0.1) is 0 Å². The predicted molar refractivity (Wildman–Crippen MR) is 120 cm³/mol. The molecule has 34 heavy (non-hydrogen) atoms. The van der Waals surface area contributed by atoms with Gasteiger partial charge < -0.3 is 14.6 Å². The molecule has 0 radical (unpaired) electrons. The van der Waals surface area contributed by atoms with Crippen molar-refractivity contribution >= 4 is 34.7 Å². The first-order valence-electron chi connectivity index (χ1n) is 9.86. The topological polar surface area (TPSA) is 89.0 Å². The summed E-state index contributed by atoms with van der Waals surface area (Å²) in [6.07, 6.45) is 2.87. The quantitative estimate of drug-likeness (QED) is 0.320. The highest BCUT2D eigenvalue weighted by atomic mass is 35.5. The van der Waals surface area contributed by atoms with Crippen molar-refractivity contribution < 1.29 is 33.0 Å². The van der Waals surface area contributed by atoms with E-state index >= 15 is 0 Å². The summed E-state index contributed by atoms with van der Waals surface area (Å²) in [7, 11) is 2.71. The molecule has 1 fully saturated rings. The van der Waals surface area contributed by atoms with E-state index in [4.69, 9.17) is 21.1 Å². The van der Waals surface area contributed by atoms with Crippen LogP contribution in [-0.2, 0) is 9.59 Å². The van der Waals surface area contributed by atoms with Gasteiger partial charge in [-0.3, -0.25) is 19.5 Å². The van der Waals surface area contributed by atoms with Gasteiger partial charge in [0.05, 0.1) is 36.4 Å². The molecule has 1 N–H and O–H groups in total.